The fourth-order valence-corrected chi connectivity index (χ4v) is 5.56. The van der Waals surface area contributed by atoms with Crippen molar-refractivity contribution >= 4 is 64.6 Å². The second-order valence-corrected chi connectivity index (χ2v) is 11.1. The number of rotatable bonds is 3. The summed E-state index contributed by atoms with van der Waals surface area (Å²) >= 11 is 14.6. The Kier molecular flexibility index (Phi) is 9.85. The SMILES string of the molecule is O[Si](c1ccccc1)(c1ccccc1)c1ccccc1.[NH-]C(=O)C(Cl)(Cl)Cl.[Zn]. The van der Waals surface area contributed by atoms with Gasteiger partial charge in [0.1, 0.15) is 5.91 Å². The molecule has 3 aromatic carbocycles. The number of carbonyl (C=O) groups is 1. The van der Waals surface area contributed by atoms with Crippen molar-refractivity contribution < 1.29 is 29.1 Å². The second kappa shape index (κ2) is 11.1. The Hall–Kier alpha value is -1.20. The number of hydrogen-bond acceptors (Lipinski definition) is 2. The van der Waals surface area contributed by atoms with Crippen molar-refractivity contribution in [2.45, 2.75) is 3.79 Å². The molecule has 0 aliphatic carbocycles. The average Bonchev–Trinajstić information content (AvgIpc) is 2.69. The van der Waals surface area contributed by atoms with Gasteiger partial charge in [-0.25, -0.2) is 0 Å². The Morgan fingerprint density at radius 2 is 0.929 bits per heavy atom. The molecule has 142 valence electrons. The van der Waals surface area contributed by atoms with E-state index < -0.39 is 18.0 Å². The minimum Gasteiger partial charge on any atom is -0.664 e. The second-order valence-electron chi connectivity index (χ2n) is 5.64. The Morgan fingerprint density at radius 1 is 0.714 bits per heavy atom. The molecular formula is C20H17Cl3NO2SiZn-. The molecule has 8 heteroatoms. The molecule has 0 saturated carbocycles. The van der Waals surface area contributed by atoms with Gasteiger partial charge in [0.25, 0.3) is 8.32 Å². The summed E-state index contributed by atoms with van der Waals surface area (Å²) in [6, 6.07) is 30.0. The van der Waals surface area contributed by atoms with E-state index in [-0.39, 0.29) is 19.5 Å². The molecule has 3 rings (SSSR count). The minimum atomic E-state index is -2.88. The Labute approximate surface area is 193 Å². The fraction of sp³-hybridized carbons (Fsp3) is 0.0500. The van der Waals surface area contributed by atoms with E-state index >= 15 is 0 Å². The summed E-state index contributed by atoms with van der Waals surface area (Å²) in [4.78, 5) is 21.3. The van der Waals surface area contributed by atoms with E-state index in [4.69, 9.17) is 40.5 Å². The standard InChI is InChI=1S/C18H16OSi.C2H2Cl3NO.Zn/c19-20(16-10-4-1-5-11-16,17-12-6-2-7-13-17)18-14-8-3-9-15-18;3-2(4,5)1(6)7;/h1-15,19H;(H2,6,7);/p-1. The van der Waals surface area contributed by atoms with Crippen molar-refractivity contribution in [2.75, 3.05) is 0 Å². The Balaban J connectivity index is 0.000000425. The molecule has 0 bridgehead atoms. The van der Waals surface area contributed by atoms with Crippen molar-refractivity contribution in [1.29, 1.82) is 0 Å². The summed E-state index contributed by atoms with van der Waals surface area (Å²) in [5, 5.41) is 3.03. The van der Waals surface area contributed by atoms with Crippen LogP contribution in [-0.2, 0) is 24.3 Å². The van der Waals surface area contributed by atoms with E-state index in [2.05, 4.69) is 0 Å². The van der Waals surface area contributed by atoms with Crippen molar-refractivity contribution in [3.05, 3.63) is 96.7 Å². The molecule has 0 aromatic heterocycles. The van der Waals surface area contributed by atoms with Gasteiger partial charge in [-0.2, -0.15) is 0 Å². The van der Waals surface area contributed by atoms with E-state index in [9.17, 15) is 9.59 Å². The minimum absolute atomic E-state index is 0. The van der Waals surface area contributed by atoms with Crippen molar-refractivity contribution in [3.8, 4) is 0 Å². The smallest absolute Gasteiger partial charge is 0.285 e. The van der Waals surface area contributed by atoms with E-state index in [1.54, 1.807) is 0 Å². The number of nitrogens with one attached hydrogen (secondary N) is 1. The zero-order valence-electron chi connectivity index (χ0n) is 14.9. The topological polar surface area (TPSA) is 61.1 Å². The molecule has 0 aliphatic rings. The maximum Gasteiger partial charge on any atom is 0.285 e. The van der Waals surface area contributed by atoms with E-state index in [1.807, 2.05) is 91.0 Å². The molecule has 0 spiro atoms. The number of carbonyl (C=O) groups excluding carboxylic acids is 1. The van der Waals surface area contributed by atoms with Crippen LogP contribution in [-0.4, -0.2) is 22.8 Å². The third-order valence-electron chi connectivity index (χ3n) is 3.83. The van der Waals surface area contributed by atoms with Crippen LogP contribution in [0.1, 0.15) is 0 Å². The van der Waals surface area contributed by atoms with E-state index in [0.29, 0.717) is 0 Å². The van der Waals surface area contributed by atoms with Gasteiger partial charge in [-0.1, -0.05) is 126 Å². The van der Waals surface area contributed by atoms with E-state index in [0.717, 1.165) is 15.6 Å². The van der Waals surface area contributed by atoms with Gasteiger partial charge in [0, 0.05) is 19.5 Å². The zero-order valence-corrected chi connectivity index (χ0v) is 21.1. The van der Waals surface area contributed by atoms with Crippen LogP contribution < -0.4 is 15.6 Å². The van der Waals surface area contributed by atoms with Gasteiger partial charge in [0.15, 0.2) is 0 Å². The number of hydrogen-bond donors (Lipinski definition) is 1. The van der Waals surface area contributed by atoms with E-state index in [1.165, 1.54) is 0 Å². The van der Waals surface area contributed by atoms with Crippen LogP contribution in [0.25, 0.3) is 5.73 Å². The molecule has 0 radical (unpaired) electrons. The third kappa shape index (κ3) is 6.41. The Morgan fingerprint density at radius 3 is 1.11 bits per heavy atom. The molecule has 28 heavy (non-hydrogen) atoms. The van der Waals surface area contributed by atoms with Crippen LogP contribution in [0.15, 0.2) is 91.0 Å². The summed E-state index contributed by atoms with van der Waals surface area (Å²) in [5.74, 6) is -1.21. The Bertz CT molecular complexity index is 766. The summed E-state index contributed by atoms with van der Waals surface area (Å²) in [6.45, 7) is 0. The van der Waals surface area contributed by atoms with Crippen LogP contribution in [0.2, 0.25) is 0 Å². The van der Waals surface area contributed by atoms with Gasteiger partial charge in [0.05, 0.1) is 0 Å². The molecule has 0 heterocycles. The fourth-order valence-electron chi connectivity index (χ4n) is 2.54. The van der Waals surface area contributed by atoms with Crippen LogP contribution >= 0.6 is 34.8 Å². The van der Waals surface area contributed by atoms with Crippen molar-refractivity contribution in [3.63, 3.8) is 0 Å². The normalized spacial score (nSPS) is 10.9. The first-order valence-electron chi connectivity index (χ1n) is 7.98. The van der Waals surface area contributed by atoms with Crippen LogP contribution in [0.3, 0.4) is 0 Å². The first-order valence-corrected chi connectivity index (χ1v) is 11.1. The summed E-state index contributed by atoms with van der Waals surface area (Å²) in [7, 11) is -2.88. The van der Waals surface area contributed by atoms with Crippen molar-refractivity contribution in [2.24, 2.45) is 0 Å². The van der Waals surface area contributed by atoms with Crippen LogP contribution in [0.4, 0.5) is 0 Å². The molecule has 0 fully saturated rings. The van der Waals surface area contributed by atoms with Crippen LogP contribution in [0.5, 0.6) is 0 Å². The predicted octanol–water partition coefficient (Wildman–Crippen LogP) is 3.58. The monoisotopic (exact) mass is 500 g/mol. The molecule has 0 unspecified atom stereocenters. The summed E-state index contributed by atoms with van der Waals surface area (Å²) < 4.78 is -2.06. The molecule has 0 atom stereocenters. The van der Waals surface area contributed by atoms with Gasteiger partial charge in [0.2, 0.25) is 3.79 Å². The number of benzene rings is 3. The van der Waals surface area contributed by atoms with Crippen molar-refractivity contribution in [1.82, 2.24) is 0 Å². The third-order valence-corrected chi connectivity index (χ3v) is 7.85. The van der Waals surface area contributed by atoms with Gasteiger partial charge >= 0.3 is 0 Å². The molecule has 0 aliphatic heterocycles. The maximum atomic E-state index is 11.6. The predicted molar refractivity (Wildman–Crippen MR) is 116 cm³/mol. The first kappa shape index (κ1) is 24.8. The van der Waals surface area contributed by atoms with Gasteiger partial charge < -0.3 is 15.3 Å². The molecular weight excluding hydrogens is 486 g/mol. The number of halogens is 3. The molecule has 3 aromatic rings. The molecule has 1 amide bonds. The summed E-state index contributed by atoms with van der Waals surface area (Å²) in [5.41, 5.74) is 6.19. The van der Waals surface area contributed by atoms with Crippen LogP contribution in [0, 0.1) is 0 Å². The number of alkyl halides is 3. The first-order chi connectivity index (χ1) is 12.8. The van der Waals surface area contributed by atoms with Gasteiger partial charge in [-0.05, 0) is 15.6 Å². The summed E-state index contributed by atoms with van der Waals surface area (Å²) in [6.07, 6.45) is 0. The largest absolute Gasteiger partial charge is 0.664 e. The average molecular weight is 503 g/mol. The quantitative estimate of drug-likeness (QED) is 0.338. The molecule has 3 nitrogen and oxygen atoms in total. The van der Waals surface area contributed by atoms with Gasteiger partial charge in [-0.15, -0.1) is 0 Å². The number of amides is 1. The maximum absolute atomic E-state index is 11.6. The molecule has 2 N–H and O–H groups in total. The van der Waals surface area contributed by atoms with Gasteiger partial charge in [-0.3, -0.25) is 0 Å². The zero-order chi connectivity index (χ0) is 19.9. The molecule has 0 saturated heterocycles.